The van der Waals surface area contributed by atoms with Crippen LogP contribution in [0.5, 0.6) is 0 Å². The van der Waals surface area contributed by atoms with Crippen molar-refractivity contribution in [2.24, 2.45) is 0 Å². The standard InChI is InChI=1S/C66H123NO5/c1-3-5-7-9-11-13-15-17-19-20-24-27-31-34-38-42-46-50-54-58-64(69)63(62-68)67-65(70)59-55-51-47-43-39-35-32-28-25-22-21-23-26-29-33-37-41-45-49-53-57-61-72-66(71)60-56-52-48-44-40-36-30-18-16-14-12-10-8-6-4-2/h18,30,37,41,49,53-54,58,63-64,68-69H,3-17,19-29,31-36,38-40,42-48,50-52,55-57,59-62H2,1-2H3,(H,67,70)/b30-18-,41-37-,53-49-,58-54+. The van der Waals surface area contributed by atoms with Crippen molar-refractivity contribution in [3.63, 3.8) is 0 Å². The number of esters is 1. The maximum absolute atomic E-state index is 12.5. The van der Waals surface area contributed by atoms with Crippen molar-refractivity contribution in [3.05, 3.63) is 48.6 Å². The van der Waals surface area contributed by atoms with Crippen molar-refractivity contribution in [1.29, 1.82) is 0 Å². The minimum absolute atomic E-state index is 0.0438. The summed E-state index contributed by atoms with van der Waals surface area (Å²) in [6, 6.07) is -0.633. The van der Waals surface area contributed by atoms with Crippen molar-refractivity contribution in [2.45, 2.75) is 347 Å². The summed E-state index contributed by atoms with van der Waals surface area (Å²) in [6.07, 6.45) is 78.8. The van der Waals surface area contributed by atoms with Gasteiger partial charge in [-0.3, -0.25) is 9.59 Å². The third-order valence-corrected chi connectivity index (χ3v) is 14.6. The fourth-order valence-corrected chi connectivity index (χ4v) is 9.70. The van der Waals surface area contributed by atoms with E-state index < -0.39 is 12.1 Å². The number of nitrogens with one attached hydrogen (secondary N) is 1. The number of hydrogen-bond acceptors (Lipinski definition) is 5. The average Bonchev–Trinajstić information content (AvgIpc) is 3.38. The second-order valence-electron chi connectivity index (χ2n) is 21.7. The van der Waals surface area contributed by atoms with Crippen molar-refractivity contribution in [2.75, 3.05) is 13.2 Å². The minimum atomic E-state index is -0.849. The molecular formula is C66H123NO5. The molecule has 2 unspecified atom stereocenters. The van der Waals surface area contributed by atoms with E-state index in [0.29, 0.717) is 19.4 Å². The van der Waals surface area contributed by atoms with Crippen LogP contribution in [0.2, 0.25) is 0 Å². The molecule has 0 aromatic carbocycles. The lowest BCUT2D eigenvalue weighted by Gasteiger charge is -2.20. The first-order valence-electron chi connectivity index (χ1n) is 31.9. The number of carbonyl (C=O) groups is 2. The van der Waals surface area contributed by atoms with Crippen LogP contribution in [-0.2, 0) is 14.3 Å². The number of unbranched alkanes of at least 4 members (excludes halogenated alkanes) is 42. The molecule has 422 valence electrons. The largest absolute Gasteiger partial charge is 0.465 e. The zero-order chi connectivity index (χ0) is 52.2. The van der Waals surface area contributed by atoms with Crippen LogP contribution >= 0.6 is 0 Å². The molecule has 0 aliphatic carbocycles. The van der Waals surface area contributed by atoms with E-state index in [0.717, 1.165) is 51.4 Å². The Balaban J connectivity index is 3.49. The summed E-state index contributed by atoms with van der Waals surface area (Å²) in [7, 11) is 0. The molecule has 0 bridgehead atoms. The minimum Gasteiger partial charge on any atom is -0.465 e. The molecular weight excluding hydrogens is 887 g/mol. The van der Waals surface area contributed by atoms with Gasteiger partial charge in [0.2, 0.25) is 5.91 Å². The Labute approximate surface area is 448 Å². The Hall–Kier alpha value is -2.18. The van der Waals surface area contributed by atoms with Gasteiger partial charge in [0.15, 0.2) is 0 Å². The molecule has 6 heteroatoms. The van der Waals surface area contributed by atoms with E-state index in [1.807, 2.05) is 6.08 Å². The van der Waals surface area contributed by atoms with Gasteiger partial charge >= 0.3 is 5.97 Å². The molecule has 2 atom stereocenters. The van der Waals surface area contributed by atoms with Gasteiger partial charge in [0.1, 0.15) is 0 Å². The summed E-state index contributed by atoms with van der Waals surface area (Å²) in [5.74, 6) is -0.115. The van der Waals surface area contributed by atoms with Gasteiger partial charge < -0.3 is 20.3 Å². The Bertz CT molecular complexity index is 1210. The van der Waals surface area contributed by atoms with Crippen molar-refractivity contribution in [3.8, 4) is 0 Å². The van der Waals surface area contributed by atoms with Crippen LogP contribution in [0.4, 0.5) is 0 Å². The number of aliphatic hydroxyl groups is 2. The molecule has 1 amide bonds. The Morgan fingerprint density at radius 3 is 1.07 bits per heavy atom. The monoisotopic (exact) mass is 1010 g/mol. The summed E-state index contributed by atoms with van der Waals surface area (Å²) >= 11 is 0. The molecule has 0 aliphatic rings. The molecule has 0 saturated heterocycles. The Morgan fingerprint density at radius 2 is 0.694 bits per heavy atom. The summed E-state index contributed by atoms with van der Waals surface area (Å²) < 4.78 is 5.42. The third-order valence-electron chi connectivity index (χ3n) is 14.6. The normalized spacial score (nSPS) is 12.9. The van der Waals surface area contributed by atoms with E-state index in [9.17, 15) is 19.8 Å². The van der Waals surface area contributed by atoms with Gasteiger partial charge in [0.25, 0.3) is 0 Å². The van der Waals surface area contributed by atoms with Crippen molar-refractivity contribution < 1.29 is 24.5 Å². The van der Waals surface area contributed by atoms with Crippen molar-refractivity contribution >= 4 is 11.9 Å². The Morgan fingerprint density at radius 1 is 0.389 bits per heavy atom. The SMILES string of the molecule is CCCCCCCC/C=C\CCCCCCCC(=O)OCC/C=C\C/C=C\CCCCCCCCCCCCCCCCC(=O)NC(CO)C(O)/C=C/CCCCCCCCCCCCCCCCCCC. The maximum Gasteiger partial charge on any atom is 0.305 e. The molecule has 6 nitrogen and oxygen atoms in total. The van der Waals surface area contributed by atoms with E-state index >= 15 is 0 Å². The van der Waals surface area contributed by atoms with Gasteiger partial charge in [-0.05, 0) is 77.0 Å². The first-order valence-corrected chi connectivity index (χ1v) is 31.9. The predicted octanol–water partition coefficient (Wildman–Crippen LogP) is 20.1. The number of allylic oxidation sites excluding steroid dienone is 6. The van der Waals surface area contributed by atoms with Gasteiger partial charge in [-0.2, -0.15) is 0 Å². The van der Waals surface area contributed by atoms with Crippen LogP contribution in [0, 0.1) is 0 Å². The lowest BCUT2D eigenvalue weighted by atomic mass is 10.0. The Kier molecular flexibility index (Phi) is 59.5. The van der Waals surface area contributed by atoms with Crippen molar-refractivity contribution in [1.82, 2.24) is 5.32 Å². The zero-order valence-electron chi connectivity index (χ0n) is 48.2. The third kappa shape index (κ3) is 57.1. The zero-order valence-corrected chi connectivity index (χ0v) is 48.2. The molecule has 0 aromatic heterocycles. The van der Waals surface area contributed by atoms with E-state index in [1.165, 1.54) is 257 Å². The molecule has 0 radical (unpaired) electrons. The quantitative estimate of drug-likeness (QED) is 0.0320. The molecule has 0 heterocycles. The second kappa shape index (κ2) is 61.4. The van der Waals surface area contributed by atoms with Crippen LogP contribution < -0.4 is 5.32 Å². The number of rotatable bonds is 59. The highest BCUT2D eigenvalue weighted by Crippen LogP contribution is 2.17. The van der Waals surface area contributed by atoms with Gasteiger partial charge in [-0.1, -0.05) is 294 Å². The average molecular weight is 1010 g/mol. The summed E-state index contributed by atoms with van der Waals surface area (Å²) in [5.41, 5.74) is 0. The number of amides is 1. The van der Waals surface area contributed by atoms with Crippen LogP contribution in [0.1, 0.15) is 335 Å². The summed E-state index contributed by atoms with van der Waals surface area (Å²) in [6.45, 7) is 4.80. The summed E-state index contributed by atoms with van der Waals surface area (Å²) in [4.78, 5) is 24.5. The van der Waals surface area contributed by atoms with Gasteiger partial charge in [-0.25, -0.2) is 0 Å². The van der Waals surface area contributed by atoms with E-state index in [-0.39, 0.29) is 18.5 Å². The molecule has 0 aliphatic heterocycles. The van der Waals surface area contributed by atoms with E-state index in [4.69, 9.17) is 4.74 Å². The van der Waals surface area contributed by atoms with Gasteiger partial charge in [0, 0.05) is 12.8 Å². The number of aliphatic hydroxyl groups excluding tert-OH is 2. The van der Waals surface area contributed by atoms with Gasteiger partial charge in [0.05, 0.1) is 25.4 Å². The number of carbonyl (C=O) groups excluding carboxylic acids is 2. The first-order chi connectivity index (χ1) is 35.5. The highest BCUT2D eigenvalue weighted by molar-refractivity contribution is 5.76. The lowest BCUT2D eigenvalue weighted by Crippen LogP contribution is -2.45. The molecule has 0 saturated carbocycles. The lowest BCUT2D eigenvalue weighted by molar-refractivity contribution is -0.143. The molecule has 0 fully saturated rings. The fraction of sp³-hybridized carbons (Fsp3) is 0.848. The van der Waals surface area contributed by atoms with Crippen LogP contribution in [0.3, 0.4) is 0 Å². The smallest absolute Gasteiger partial charge is 0.305 e. The van der Waals surface area contributed by atoms with Gasteiger partial charge in [-0.15, -0.1) is 0 Å². The first kappa shape index (κ1) is 69.8. The molecule has 3 N–H and O–H groups in total. The highest BCUT2D eigenvalue weighted by atomic mass is 16.5. The van der Waals surface area contributed by atoms with Crippen LogP contribution in [0.15, 0.2) is 48.6 Å². The molecule has 0 aromatic rings. The number of hydrogen-bond donors (Lipinski definition) is 3. The van der Waals surface area contributed by atoms with E-state index in [2.05, 4.69) is 55.6 Å². The summed E-state index contributed by atoms with van der Waals surface area (Å²) in [5, 5.41) is 23.2. The highest BCUT2D eigenvalue weighted by Gasteiger charge is 2.18. The maximum atomic E-state index is 12.5. The molecule has 0 spiro atoms. The molecule has 0 rings (SSSR count). The van der Waals surface area contributed by atoms with E-state index in [1.54, 1.807) is 6.08 Å². The second-order valence-corrected chi connectivity index (χ2v) is 21.7. The predicted molar refractivity (Wildman–Crippen MR) is 315 cm³/mol. The van der Waals surface area contributed by atoms with Crippen LogP contribution in [-0.4, -0.2) is 47.4 Å². The topological polar surface area (TPSA) is 95.9 Å². The fourth-order valence-electron chi connectivity index (χ4n) is 9.70. The molecule has 72 heavy (non-hydrogen) atoms. The van der Waals surface area contributed by atoms with Crippen LogP contribution in [0.25, 0.3) is 0 Å². The number of ether oxygens (including phenoxy) is 1.